The van der Waals surface area contributed by atoms with Crippen molar-refractivity contribution in [1.29, 1.82) is 0 Å². The van der Waals surface area contributed by atoms with E-state index in [2.05, 4.69) is 5.32 Å². The average Bonchev–Trinajstić information content (AvgIpc) is 2.00. The third kappa shape index (κ3) is 9.30. The van der Waals surface area contributed by atoms with Gasteiger partial charge in [-0.3, -0.25) is 9.59 Å². The molecule has 0 aromatic carbocycles. The first kappa shape index (κ1) is 12.4. The van der Waals surface area contributed by atoms with Gasteiger partial charge in [-0.2, -0.15) is 0 Å². The van der Waals surface area contributed by atoms with Crippen molar-refractivity contribution >= 4 is 22.8 Å². The van der Waals surface area contributed by atoms with Crippen LogP contribution in [0.2, 0.25) is 0 Å². The van der Waals surface area contributed by atoms with Crippen molar-refractivity contribution in [3.8, 4) is 0 Å². The van der Waals surface area contributed by atoms with E-state index in [9.17, 15) is 9.59 Å². The first-order valence-electron chi connectivity index (χ1n) is 4.12. The van der Waals surface area contributed by atoms with Crippen molar-refractivity contribution in [2.45, 2.75) is 12.8 Å². The van der Waals surface area contributed by atoms with Crippen LogP contribution in [0.5, 0.6) is 0 Å². The number of carbonyl (C=O) groups is 2. The fraction of sp³-hybridized carbons (Fsp3) is 0.750. The second kappa shape index (κ2) is 6.86. The van der Waals surface area contributed by atoms with Crippen LogP contribution in [-0.2, 0) is 9.59 Å². The molecule has 4 nitrogen and oxygen atoms in total. The SMILES string of the molecule is CN(C)CCNC(=O)CCC(=O)Cl. The zero-order valence-corrected chi connectivity index (χ0v) is 8.73. The van der Waals surface area contributed by atoms with Crippen molar-refractivity contribution in [3.05, 3.63) is 0 Å². The lowest BCUT2D eigenvalue weighted by Crippen LogP contribution is -2.31. The van der Waals surface area contributed by atoms with E-state index in [1.165, 1.54) is 0 Å². The summed E-state index contributed by atoms with van der Waals surface area (Å²) in [6, 6.07) is 0. The molecule has 0 aromatic heterocycles. The van der Waals surface area contributed by atoms with E-state index >= 15 is 0 Å². The summed E-state index contributed by atoms with van der Waals surface area (Å²) < 4.78 is 0. The highest BCUT2D eigenvalue weighted by molar-refractivity contribution is 6.63. The van der Waals surface area contributed by atoms with Crippen molar-refractivity contribution in [2.75, 3.05) is 27.2 Å². The Kier molecular flexibility index (Phi) is 6.54. The van der Waals surface area contributed by atoms with Gasteiger partial charge in [0.25, 0.3) is 0 Å². The second-order valence-electron chi connectivity index (χ2n) is 3.01. The molecular weight excluding hydrogens is 192 g/mol. The number of likely N-dealkylation sites (N-methyl/N-ethyl adjacent to an activating group) is 1. The highest BCUT2D eigenvalue weighted by Crippen LogP contribution is 1.93. The third-order valence-corrected chi connectivity index (χ3v) is 1.62. The minimum Gasteiger partial charge on any atom is -0.355 e. The van der Waals surface area contributed by atoms with Gasteiger partial charge < -0.3 is 10.2 Å². The Hall–Kier alpha value is -0.610. The van der Waals surface area contributed by atoms with Gasteiger partial charge in [0.2, 0.25) is 11.1 Å². The smallest absolute Gasteiger partial charge is 0.222 e. The summed E-state index contributed by atoms with van der Waals surface area (Å²) in [6.07, 6.45) is 0.283. The van der Waals surface area contributed by atoms with Gasteiger partial charge in [0.1, 0.15) is 0 Å². The molecule has 1 N–H and O–H groups in total. The lowest BCUT2D eigenvalue weighted by Gasteiger charge is -2.09. The van der Waals surface area contributed by atoms with Crippen LogP contribution in [0.1, 0.15) is 12.8 Å². The quantitative estimate of drug-likeness (QED) is 0.633. The van der Waals surface area contributed by atoms with E-state index in [1.54, 1.807) is 0 Å². The van der Waals surface area contributed by atoms with Crippen molar-refractivity contribution in [2.24, 2.45) is 0 Å². The molecule has 0 saturated heterocycles. The number of amides is 1. The summed E-state index contributed by atoms with van der Waals surface area (Å²) in [7, 11) is 3.85. The lowest BCUT2D eigenvalue weighted by atomic mass is 10.3. The minimum atomic E-state index is -0.470. The summed E-state index contributed by atoms with van der Waals surface area (Å²) in [6.45, 7) is 1.39. The number of nitrogens with zero attached hydrogens (tertiary/aromatic N) is 1. The molecule has 0 saturated carbocycles. The molecule has 0 unspecified atom stereocenters. The van der Waals surface area contributed by atoms with Crippen molar-refractivity contribution in [3.63, 3.8) is 0 Å². The highest BCUT2D eigenvalue weighted by atomic mass is 35.5. The number of hydrogen-bond donors (Lipinski definition) is 1. The van der Waals surface area contributed by atoms with Crippen LogP contribution >= 0.6 is 11.6 Å². The predicted molar refractivity (Wildman–Crippen MR) is 51.7 cm³/mol. The number of rotatable bonds is 6. The van der Waals surface area contributed by atoms with Gasteiger partial charge in [-0.1, -0.05) is 0 Å². The number of carbonyl (C=O) groups excluding carboxylic acids is 2. The van der Waals surface area contributed by atoms with E-state index in [4.69, 9.17) is 11.6 Å². The van der Waals surface area contributed by atoms with E-state index < -0.39 is 5.24 Å². The molecule has 0 spiro atoms. The largest absolute Gasteiger partial charge is 0.355 e. The number of hydrogen-bond acceptors (Lipinski definition) is 3. The van der Waals surface area contributed by atoms with Gasteiger partial charge in [-0.25, -0.2) is 0 Å². The normalized spacial score (nSPS) is 10.2. The van der Waals surface area contributed by atoms with Gasteiger partial charge in [-0.05, 0) is 25.7 Å². The summed E-state index contributed by atoms with van der Waals surface area (Å²) in [5, 5.41) is 2.21. The van der Waals surface area contributed by atoms with Crippen molar-refractivity contribution in [1.82, 2.24) is 10.2 Å². The first-order valence-corrected chi connectivity index (χ1v) is 4.50. The fourth-order valence-electron chi connectivity index (χ4n) is 0.719. The summed E-state index contributed by atoms with van der Waals surface area (Å²) >= 11 is 5.08. The minimum absolute atomic E-state index is 0.107. The second-order valence-corrected chi connectivity index (χ2v) is 3.43. The first-order chi connectivity index (χ1) is 6.02. The Bertz CT molecular complexity index is 183. The van der Waals surface area contributed by atoms with Crippen molar-refractivity contribution < 1.29 is 9.59 Å². The molecule has 76 valence electrons. The average molecular weight is 207 g/mol. The van der Waals surface area contributed by atoms with Gasteiger partial charge in [-0.15, -0.1) is 0 Å². The Balaban J connectivity index is 3.36. The molecule has 0 aliphatic rings. The third-order valence-electron chi connectivity index (χ3n) is 1.43. The summed E-state index contributed by atoms with van der Waals surface area (Å²) in [5.41, 5.74) is 0. The van der Waals surface area contributed by atoms with E-state index in [-0.39, 0.29) is 18.7 Å². The molecule has 0 aliphatic heterocycles. The molecule has 0 atom stereocenters. The van der Waals surface area contributed by atoms with E-state index in [0.29, 0.717) is 6.54 Å². The predicted octanol–water partition coefficient (Wildman–Crippen LogP) is 0.210. The molecule has 13 heavy (non-hydrogen) atoms. The highest BCUT2D eigenvalue weighted by Gasteiger charge is 2.03. The van der Waals surface area contributed by atoms with E-state index in [0.717, 1.165) is 6.54 Å². The molecule has 0 heterocycles. The number of nitrogens with one attached hydrogen (secondary N) is 1. The van der Waals surface area contributed by atoms with E-state index in [1.807, 2.05) is 19.0 Å². The van der Waals surface area contributed by atoms with Crippen LogP contribution in [0.15, 0.2) is 0 Å². The Labute approximate surface area is 83.2 Å². The maximum Gasteiger partial charge on any atom is 0.222 e. The molecule has 0 aromatic rings. The van der Waals surface area contributed by atoms with Crippen LogP contribution < -0.4 is 5.32 Å². The maximum atomic E-state index is 11.0. The molecular formula is C8H15ClN2O2. The number of halogens is 1. The summed E-state index contributed by atoms with van der Waals surface area (Å²) in [4.78, 5) is 23.3. The van der Waals surface area contributed by atoms with Crippen LogP contribution in [-0.4, -0.2) is 43.2 Å². The lowest BCUT2D eigenvalue weighted by molar-refractivity contribution is -0.123. The zero-order chi connectivity index (χ0) is 10.3. The van der Waals surface area contributed by atoms with Gasteiger partial charge in [0.15, 0.2) is 0 Å². The molecule has 5 heteroatoms. The summed E-state index contributed by atoms with van der Waals surface area (Å²) in [5.74, 6) is -0.129. The molecule has 0 aliphatic carbocycles. The Morgan fingerprint density at radius 2 is 1.92 bits per heavy atom. The van der Waals surface area contributed by atoms with Gasteiger partial charge >= 0.3 is 0 Å². The van der Waals surface area contributed by atoms with Gasteiger partial charge in [0.05, 0.1) is 0 Å². The maximum absolute atomic E-state index is 11.0. The topological polar surface area (TPSA) is 49.4 Å². The molecule has 0 bridgehead atoms. The van der Waals surface area contributed by atoms with Crippen LogP contribution in [0.3, 0.4) is 0 Å². The Morgan fingerprint density at radius 3 is 2.38 bits per heavy atom. The molecule has 1 amide bonds. The van der Waals surface area contributed by atoms with Crippen LogP contribution in [0.4, 0.5) is 0 Å². The standard InChI is InChI=1S/C8H15ClN2O2/c1-11(2)6-5-10-8(13)4-3-7(9)12/h3-6H2,1-2H3,(H,10,13). The molecule has 0 radical (unpaired) electrons. The Morgan fingerprint density at radius 1 is 1.31 bits per heavy atom. The fourth-order valence-corrected chi connectivity index (χ4v) is 0.814. The van der Waals surface area contributed by atoms with Crippen LogP contribution in [0, 0.1) is 0 Å². The van der Waals surface area contributed by atoms with Crippen LogP contribution in [0.25, 0.3) is 0 Å². The molecule has 0 fully saturated rings. The van der Waals surface area contributed by atoms with Gasteiger partial charge in [0, 0.05) is 25.9 Å². The molecule has 0 rings (SSSR count). The monoisotopic (exact) mass is 206 g/mol. The zero-order valence-electron chi connectivity index (χ0n) is 7.97.